The SMILES string of the molecule is C=C(CC(C)(C)C)OCC. The van der Waals surface area contributed by atoms with Crippen molar-refractivity contribution >= 4 is 0 Å². The first-order valence-corrected chi connectivity index (χ1v) is 3.76. The van der Waals surface area contributed by atoms with Crippen molar-refractivity contribution in [1.29, 1.82) is 0 Å². The third kappa shape index (κ3) is 5.67. The van der Waals surface area contributed by atoms with Gasteiger partial charge in [0.15, 0.2) is 0 Å². The molecular weight excluding hydrogens is 124 g/mol. The molecule has 0 unspecified atom stereocenters. The first-order valence-electron chi connectivity index (χ1n) is 3.76. The van der Waals surface area contributed by atoms with Crippen molar-refractivity contribution in [2.24, 2.45) is 5.41 Å². The fourth-order valence-corrected chi connectivity index (χ4v) is 0.847. The molecule has 0 aromatic rings. The summed E-state index contributed by atoms with van der Waals surface area (Å²) in [6, 6.07) is 0. The molecule has 1 heteroatoms. The Labute approximate surface area is 64.1 Å². The van der Waals surface area contributed by atoms with Crippen LogP contribution in [0.3, 0.4) is 0 Å². The van der Waals surface area contributed by atoms with E-state index in [1.807, 2.05) is 6.92 Å². The van der Waals surface area contributed by atoms with E-state index >= 15 is 0 Å². The Morgan fingerprint density at radius 2 is 1.90 bits per heavy atom. The van der Waals surface area contributed by atoms with Gasteiger partial charge in [-0.2, -0.15) is 0 Å². The van der Waals surface area contributed by atoms with Crippen molar-refractivity contribution < 1.29 is 4.74 Å². The van der Waals surface area contributed by atoms with Crippen molar-refractivity contribution in [2.45, 2.75) is 34.1 Å². The van der Waals surface area contributed by atoms with E-state index in [0.29, 0.717) is 5.41 Å². The molecule has 0 N–H and O–H groups in total. The Balaban J connectivity index is 3.58. The second kappa shape index (κ2) is 3.65. The van der Waals surface area contributed by atoms with Gasteiger partial charge in [-0.05, 0) is 12.3 Å². The van der Waals surface area contributed by atoms with Gasteiger partial charge in [-0.25, -0.2) is 0 Å². The van der Waals surface area contributed by atoms with Crippen LogP contribution in [0.25, 0.3) is 0 Å². The van der Waals surface area contributed by atoms with E-state index in [2.05, 4.69) is 27.4 Å². The zero-order chi connectivity index (χ0) is 8.20. The van der Waals surface area contributed by atoms with Gasteiger partial charge in [0.2, 0.25) is 0 Å². The summed E-state index contributed by atoms with van der Waals surface area (Å²) >= 11 is 0. The van der Waals surface area contributed by atoms with Gasteiger partial charge in [0.25, 0.3) is 0 Å². The molecule has 0 amide bonds. The molecule has 0 radical (unpaired) electrons. The molecule has 0 aliphatic heterocycles. The van der Waals surface area contributed by atoms with Crippen molar-refractivity contribution in [3.63, 3.8) is 0 Å². The van der Waals surface area contributed by atoms with E-state index in [-0.39, 0.29) is 0 Å². The third-order valence-electron chi connectivity index (χ3n) is 1.08. The molecule has 0 aromatic carbocycles. The molecule has 0 rings (SSSR count). The van der Waals surface area contributed by atoms with E-state index in [1.165, 1.54) is 0 Å². The van der Waals surface area contributed by atoms with Gasteiger partial charge in [-0.1, -0.05) is 27.4 Å². The highest BCUT2D eigenvalue weighted by molar-refractivity contribution is 4.87. The quantitative estimate of drug-likeness (QED) is 0.550. The lowest BCUT2D eigenvalue weighted by molar-refractivity contribution is 0.194. The molecule has 0 bridgehead atoms. The van der Waals surface area contributed by atoms with Crippen LogP contribution in [0.4, 0.5) is 0 Å². The normalized spacial score (nSPS) is 11.2. The maximum absolute atomic E-state index is 5.22. The Morgan fingerprint density at radius 3 is 2.20 bits per heavy atom. The minimum atomic E-state index is 0.298. The lowest BCUT2D eigenvalue weighted by atomic mass is 9.92. The molecule has 0 saturated heterocycles. The fourth-order valence-electron chi connectivity index (χ4n) is 0.847. The van der Waals surface area contributed by atoms with Crippen LogP contribution in [0.15, 0.2) is 12.3 Å². The minimum absolute atomic E-state index is 0.298. The van der Waals surface area contributed by atoms with Crippen molar-refractivity contribution in [2.75, 3.05) is 6.61 Å². The maximum Gasteiger partial charge on any atom is 0.0893 e. The number of rotatable bonds is 3. The zero-order valence-electron chi connectivity index (χ0n) is 7.53. The van der Waals surface area contributed by atoms with E-state index in [0.717, 1.165) is 18.8 Å². The molecule has 1 nitrogen and oxygen atoms in total. The summed E-state index contributed by atoms with van der Waals surface area (Å²) in [6.07, 6.45) is 0.945. The first kappa shape index (κ1) is 9.54. The minimum Gasteiger partial charge on any atom is -0.499 e. The average Bonchev–Trinajstić information content (AvgIpc) is 1.59. The Hall–Kier alpha value is -0.460. The van der Waals surface area contributed by atoms with Crippen LogP contribution in [0, 0.1) is 5.41 Å². The summed E-state index contributed by atoms with van der Waals surface area (Å²) in [5.41, 5.74) is 0.298. The predicted molar refractivity (Wildman–Crippen MR) is 44.8 cm³/mol. The number of hydrogen-bond acceptors (Lipinski definition) is 1. The summed E-state index contributed by atoms with van der Waals surface area (Å²) < 4.78 is 5.22. The van der Waals surface area contributed by atoms with Gasteiger partial charge >= 0.3 is 0 Å². The van der Waals surface area contributed by atoms with Crippen LogP contribution >= 0.6 is 0 Å². The van der Waals surface area contributed by atoms with Gasteiger partial charge in [-0.15, -0.1) is 0 Å². The van der Waals surface area contributed by atoms with E-state index in [9.17, 15) is 0 Å². The maximum atomic E-state index is 5.22. The second-order valence-corrected chi connectivity index (χ2v) is 3.71. The first-order chi connectivity index (χ1) is 4.45. The monoisotopic (exact) mass is 142 g/mol. The highest BCUT2D eigenvalue weighted by atomic mass is 16.5. The summed E-state index contributed by atoms with van der Waals surface area (Å²) in [4.78, 5) is 0. The van der Waals surface area contributed by atoms with Crippen molar-refractivity contribution in [3.8, 4) is 0 Å². The van der Waals surface area contributed by atoms with Crippen LogP contribution < -0.4 is 0 Å². The molecule has 0 heterocycles. The Bertz CT molecular complexity index is 108. The fraction of sp³-hybridized carbons (Fsp3) is 0.778. The topological polar surface area (TPSA) is 9.23 Å². The van der Waals surface area contributed by atoms with Gasteiger partial charge < -0.3 is 4.74 Å². The van der Waals surface area contributed by atoms with Gasteiger partial charge in [0, 0.05) is 6.42 Å². The van der Waals surface area contributed by atoms with Crippen LogP contribution in [0.1, 0.15) is 34.1 Å². The smallest absolute Gasteiger partial charge is 0.0893 e. The molecule has 0 fully saturated rings. The van der Waals surface area contributed by atoms with Crippen LogP contribution in [-0.4, -0.2) is 6.61 Å². The van der Waals surface area contributed by atoms with Gasteiger partial charge in [-0.3, -0.25) is 0 Å². The number of allylic oxidation sites excluding steroid dienone is 1. The van der Waals surface area contributed by atoms with Crippen LogP contribution in [0.2, 0.25) is 0 Å². The largest absolute Gasteiger partial charge is 0.499 e. The highest BCUT2D eigenvalue weighted by Gasteiger charge is 2.11. The molecule has 10 heavy (non-hydrogen) atoms. The number of ether oxygens (including phenoxy) is 1. The lowest BCUT2D eigenvalue weighted by Gasteiger charge is -2.19. The summed E-state index contributed by atoms with van der Waals surface area (Å²) in [5.74, 6) is 0.898. The molecule has 60 valence electrons. The Kier molecular flexibility index (Phi) is 3.48. The third-order valence-corrected chi connectivity index (χ3v) is 1.08. The molecule has 0 spiro atoms. The molecular formula is C9H18O. The molecule has 0 aromatic heterocycles. The summed E-state index contributed by atoms with van der Waals surface area (Å²) in [7, 11) is 0. The molecule has 0 aliphatic rings. The van der Waals surface area contributed by atoms with Crippen LogP contribution in [-0.2, 0) is 4.74 Å². The highest BCUT2D eigenvalue weighted by Crippen LogP contribution is 2.23. The Morgan fingerprint density at radius 1 is 1.40 bits per heavy atom. The summed E-state index contributed by atoms with van der Waals surface area (Å²) in [6.45, 7) is 13.1. The van der Waals surface area contributed by atoms with E-state index in [1.54, 1.807) is 0 Å². The molecule has 0 atom stereocenters. The van der Waals surface area contributed by atoms with Crippen molar-refractivity contribution in [1.82, 2.24) is 0 Å². The predicted octanol–water partition coefficient (Wildman–Crippen LogP) is 2.97. The zero-order valence-corrected chi connectivity index (χ0v) is 7.53. The molecule has 0 aliphatic carbocycles. The molecule has 0 saturated carbocycles. The van der Waals surface area contributed by atoms with Crippen molar-refractivity contribution in [3.05, 3.63) is 12.3 Å². The average molecular weight is 142 g/mol. The van der Waals surface area contributed by atoms with Gasteiger partial charge in [0.05, 0.1) is 12.4 Å². The summed E-state index contributed by atoms with van der Waals surface area (Å²) in [5, 5.41) is 0. The van der Waals surface area contributed by atoms with Crippen LogP contribution in [0.5, 0.6) is 0 Å². The van der Waals surface area contributed by atoms with E-state index in [4.69, 9.17) is 4.74 Å². The standard InChI is InChI=1S/C9H18O/c1-6-10-8(2)7-9(3,4)5/h2,6-7H2,1,3-5H3. The van der Waals surface area contributed by atoms with Gasteiger partial charge in [0.1, 0.15) is 0 Å². The second-order valence-electron chi connectivity index (χ2n) is 3.71. The lowest BCUT2D eigenvalue weighted by Crippen LogP contribution is -2.07. The number of hydrogen-bond donors (Lipinski definition) is 0. The van der Waals surface area contributed by atoms with E-state index < -0.39 is 0 Å².